The highest BCUT2D eigenvalue weighted by Gasteiger charge is 2.31. The van der Waals surface area contributed by atoms with Gasteiger partial charge < -0.3 is 9.13 Å². The number of fused-ring (bicyclic) bond motifs is 6. The molecule has 358 valence electrons. The van der Waals surface area contributed by atoms with Gasteiger partial charge in [0.05, 0.1) is 46.0 Å². The fourth-order valence-electron chi connectivity index (χ4n) is 11.0. The van der Waals surface area contributed by atoms with E-state index >= 15 is 0 Å². The molecule has 0 aliphatic heterocycles. The van der Waals surface area contributed by atoms with Gasteiger partial charge in [-0.15, -0.1) is 0 Å². The van der Waals surface area contributed by atoms with Crippen LogP contribution in [0.15, 0.2) is 249 Å². The third kappa shape index (κ3) is 7.87. The van der Waals surface area contributed by atoms with Crippen molar-refractivity contribution >= 4 is 49.3 Å². The number of nitriles is 1. The summed E-state index contributed by atoms with van der Waals surface area (Å²) in [5, 5.41) is 14.8. The highest BCUT2D eigenvalue weighted by Crippen LogP contribution is 2.47. The van der Waals surface area contributed by atoms with Gasteiger partial charge in [0, 0.05) is 38.4 Å². The Bertz CT molecular complexity index is 4310. The fraction of sp³-hybridized carbons (Fsp3) is 0.0145. The standard InChI is InChI=1S/C69H41F3N4/c1-74-63-41-53(69(70,71)72)27-29-56(63)55-30-28-54(75-64-32-23-49(45-14-6-2-7-15-45)37-59(64)60-38-50(24-33-65(60)75)46-16-8-3-9-17-46)42-57(55)58-36-44(43-73)22-31-66(58)76-67-34-25-51(47-18-10-4-11-19-47)39-61(67)62-40-52(26-35-68(62)76)48-20-12-5-13-21-48/h2-42H. The number of rotatable bonds is 8. The molecule has 0 spiro atoms. The first-order chi connectivity index (χ1) is 37.2. The monoisotopic (exact) mass is 982 g/mol. The molecule has 7 heteroatoms. The van der Waals surface area contributed by atoms with Gasteiger partial charge in [-0.1, -0.05) is 164 Å². The lowest BCUT2D eigenvalue weighted by molar-refractivity contribution is -0.137. The van der Waals surface area contributed by atoms with Crippen LogP contribution in [-0.4, -0.2) is 9.13 Å². The zero-order valence-electron chi connectivity index (χ0n) is 40.6. The predicted molar refractivity (Wildman–Crippen MR) is 304 cm³/mol. The van der Waals surface area contributed by atoms with Crippen LogP contribution in [0, 0.1) is 17.9 Å². The van der Waals surface area contributed by atoms with Crippen molar-refractivity contribution in [3.05, 3.63) is 271 Å². The second-order valence-corrected chi connectivity index (χ2v) is 19.0. The Labute approximate surface area is 436 Å². The van der Waals surface area contributed by atoms with E-state index in [0.29, 0.717) is 27.8 Å². The summed E-state index contributed by atoms with van der Waals surface area (Å²) >= 11 is 0. The minimum absolute atomic E-state index is 0.140. The normalized spacial score (nSPS) is 11.6. The first-order valence-corrected chi connectivity index (χ1v) is 24.9. The van der Waals surface area contributed by atoms with Crippen molar-refractivity contribution in [1.29, 1.82) is 5.26 Å². The number of halogens is 3. The molecule has 2 aromatic heterocycles. The first kappa shape index (κ1) is 45.6. The van der Waals surface area contributed by atoms with Crippen LogP contribution >= 0.6 is 0 Å². The lowest BCUT2D eigenvalue weighted by atomic mass is 9.90. The summed E-state index contributed by atoms with van der Waals surface area (Å²) in [6.45, 7) is 8.27. The lowest BCUT2D eigenvalue weighted by Gasteiger charge is -2.20. The average molecular weight is 983 g/mol. The van der Waals surface area contributed by atoms with E-state index in [1.54, 1.807) is 6.07 Å². The summed E-state index contributed by atoms with van der Waals surface area (Å²) in [5.74, 6) is 0. The minimum atomic E-state index is -4.66. The van der Waals surface area contributed by atoms with Crippen LogP contribution in [0.2, 0.25) is 0 Å². The molecule has 11 aromatic carbocycles. The Hall–Kier alpha value is -10.2. The van der Waals surface area contributed by atoms with Gasteiger partial charge in [-0.25, -0.2) is 4.85 Å². The molecule has 0 radical (unpaired) electrons. The molecule has 4 nitrogen and oxygen atoms in total. The zero-order chi connectivity index (χ0) is 51.5. The highest BCUT2D eigenvalue weighted by atomic mass is 19.4. The van der Waals surface area contributed by atoms with Crippen LogP contribution in [0.25, 0.3) is 127 Å². The summed E-state index contributed by atoms with van der Waals surface area (Å²) in [7, 11) is 0. The molecule has 0 saturated carbocycles. The van der Waals surface area contributed by atoms with Gasteiger partial charge in [0.15, 0.2) is 5.69 Å². The van der Waals surface area contributed by atoms with Gasteiger partial charge in [0.1, 0.15) is 0 Å². The topological polar surface area (TPSA) is 38.0 Å². The van der Waals surface area contributed by atoms with E-state index in [-0.39, 0.29) is 5.69 Å². The van der Waals surface area contributed by atoms with Crippen molar-refractivity contribution in [2.75, 3.05) is 0 Å². The molecule has 0 fully saturated rings. The van der Waals surface area contributed by atoms with Gasteiger partial charge in [-0.3, -0.25) is 0 Å². The van der Waals surface area contributed by atoms with Crippen molar-refractivity contribution in [3.8, 4) is 84.2 Å². The molecular weight excluding hydrogens is 942 g/mol. The van der Waals surface area contributed by atoms with Crippen molar-refractivity contribution in [2.24, 2.45) is 0 Å². The third-order valence-electron chi connectivity index (χ3n) is 14.6. The van der Waals surface area contributed by atoms with E-state index in [0.717, 1.165) is 112 Å². The van der Waals surface area contributed by atoms with Gasteiger partial charge in [-0.05, 0) is 146 Å². The molecule has 0 amide bonds. The Balaban J connectivity index is 1.11. The maximum atomic E-state index is 14.3. The first-order valence-electron chi connectivity index (χ1n) is 24.9. The molecule has 0 unspecified atom stereocenters. The van der Waals surface area contributed by atoms with Crippen molar-refractivity contribution in [2.45, 2.75) is 6.18 Å². The molecule has 0 saturated heterocycles. The lowest BCUT2D eigenvalue weighted by Crippen LogP contribution is -2.04. The molecule has 0 aliphatic carbocycles. The van der Waals surface area contributed by atoms with Crippen LogP contribution in [0.5, 0.6) is 0 Å². The highest BCUT2D eigenvalue weighted by molar-refractivity contribution is 6.14. The number of aromatic nitrogens is 2. The largest absolute Gasteiger partial charge is 0.415 e. The molecule has 0 aliphatic rings. The number of hydrogen-bond acceptors (Lipinski definition) is 1. The molecule has 76 heavy (non-hydrogen) atoms. The van der Waals surface area contributed by atoms with Gasteiger partial charge in [0.2, 0.25) is 0 Å². The van der Waals surface area contributed by atoms with Crippen molar-refractivity contribution in [1.82, 2.24) is 9.13 Å². The number of hydrogen-bond donors (Lipinski definition) is 0. The SMILES string of the molecule is [C-]#[N+]c1cc(C(F)(F)F)ccc1-c1ccc(-n2c3ccc(-c4ccccc4)cc3c3cc(-c4ccccc4)ccc32)cc1-c1cc(C#N)ccc1-n1c2ccc(-c3ccccc3)cc2c2cc(-c3ccccc3)ccc21. The van der Waals surface area contributed by atoms with E-state index in [1.165, 1.54) is 6.07 Å². The Morgan fingerprint density at radius 1 is 0.368 bits per heavy atom. The van der Waals surface area contributed by atoms with Crippen molar-refractivity contribution in [3.63, 3.8) is 0 Å². The number of alkyl halides is 3. The van der Waals surface area contributed by atoms with Crippen molar-refractivity contribution < 1.29 is 13.2 Å². The number of benzene rings is 11. The van der Waals surface area contributed by atoms with E-state index in [4.69, 9.17) is 6.57 Å². The molecule has 0 N–H and O–H groups in total. The smallest absolute Gasteiger partial charge is 0.309 e. The van der Waals surface area contributed by atoms with Gasteiger partial charge >= 0.3 is 6.18 Å². The molecule has 2 heterocycles. The maximum Gasteiger partial charge on any atom is 0.415 e. The second kappa shape index (κ2) is 18.4. The quantitative estimate of drug-likeness (QED) is 0.140. The summed E-state index contributed by atoms with van der Waals surface area (Å²) in [6.07, 6.45) is -4.66. The summed E-state index contributed by atoms with van der Waals surface area (Å²) in [6, 6.07) is 84.4. The molecule has 13 rings (SSSR count). The molecule has 0 atom stereocenters. The van der Waals surface area contributed by atoms with E-state index in [1.807, 2.05) is 97.1 Å². The summed E-state index contributed by atoms with van der Waals surface area (Å²) in [4.78, 5) is 3.72. The van der Waals surface area contributed by atoms with Gasteiger partial charge in [-0.2, -0.15) is 18.4 Å². The van der Waals surface area contributed by atoms with Crippen LogP contribution in [-0.2, 0) is 6.18 Å². The van der Waals surface area contributed by atoms with E-state index in [9.17, 15) is 18.4 Å². The Kier molecular flexibility index (Phi) is 11.0. The average Bonchev–Trinajstić information content (AvgIpc) is 4.10. The molecular formula is C69H41F3N4. The minimum Gasteiger partial charge on any atom is -0.309 e. The summed E-state index contributed by atoms with van der Waals surface area (Å²) in [5.41, 5.74) is 15.4. The summed E-state index contributed by atoms with van der Waals surface area (Å²) < 4.78 is 47.5. The zero-order valence-corrected chi connectivity index (χ0v) is 40.6. The van der Waals surface area contributed by atoms with E-state index < -0.39 is 11.7 Å². The van der Waals surface area contributed by atoms with Crippen LogP contribution in [0.3, 0.4) is 0 Å². The maximum absolute atomic E-state index is 14.3. The van der Waals surface area contributed by atoms with Crippen LogP contribution < -0.4 is 0 Å². The third-order valence-corrected chi connectivity index (χ3v) is 14.6. The van der Waals surface area contributed by atoms with Crippen LogP contribution in [0.1, 0.15) is 11.1 Å². The Morgan fingerprint density at radius 3 is 1.20 bits per heavy atom. The predicted octanol–water partition coefficient (Wildman–Crippen LogP) is 19.3. The second-order valence-electron chi connectivity index (χ2n) is 19.0. The fourth-order valence-corrected chi connectivity index (χ4v) is 11.0. The van der Waals surface area contributed by atoms with Crippen LogP contribution in [0.4, 0.5) is 18.9 Å². The van der Waals surface area contributed by atoms with Gasteiger partial charge in [0.25, 0.3) is 0 Å². The number of nitrogens with zero attached hydrogens (tertiary/aromatic N) is 4. The molecule has 0 bridgehead atoms. The van der Waals surface area contributed by atoms with E-state index in [2.05, 4.69) is 147 Å². The molecule has 13 aromatic rings. The Morgan fingerprint density at radius 2 is 0.789 bits per heavy atom.